The van der Waals surface area contributed by atoms with Crippen molar-refractivity contribution in [3.63, 3.8) is 0 Å². The summed E-state index contributed by atoms with van der Waals surface area (Å²) in [4.78, 5) is 20.4. The van der Waals surface area contributed by atoms with Crippen LogP contribution in [0, 0.1) is 6.92 Å². The second kappa shape index (κ2) is 5.96. The summed E-state index contributed by atoms with van der Waals surface area (Å²) in [6, 6.07) is 5.48. The lowest BCUT2D eigenvalue weighted by atomic mass is 10.3. The number of aryl methyl sites for hydroxylation is 1. The number of thioether (sulfide) groups is 1. The lowest BCUT2D eigenvalue weighted by Gasteiger charge is -1.98. The van der Waals surface area contributed by atoms with E-state index >= 15 is 0 Å². The van der Waals surface area contributed by atoms with Gasteiger partial charge in [0, 0.05) is 5.69 Å². The van der Waals surface area contributed by atoms with E-state index in [1.165, 1.54) is 34.6 Å². The number of aromatic nitrogens is 3. The topological polar surface area (TPSA) is 93.8 Å². The van der Waals surface area contributed by atoms with Crippen LogP contribution in [0.5, 0.6) is 0 Å². The van der Waals surface area contributed by atoms with Crippen LogP contribution in [-0.4, -0.2) is 26.0 Å². The number of hydrogen-bond donors (Lipinski definition) is 2. The van der Waals surface area contributed by atoms with Crippen molar-refractivity contribution in [2.75, 3.05) is 16.8 Å². The molecule has 3 N–H and O–H groups in total. The Morgan fingerprint density at radius 3 is 3.05 bits per heavy atom. The number of carbonyl (C=O) groups is 1. The van der Waals surface area contributed by atoms with Crippen molar-refractivity contribution in [3.8, 4) is 0 Å². The Labute approximate surface area is 133 Å². The lowest BCUT2D eigenvalue weighted by Crippen LogP contribution is -2.13. The monoisotopic (exact) mass is 337 g/mol. The molecule has 108 valence electrons. The van der Waals surface area contributed by atoms with Crippen LogP contribution in [0.1, 0.15) is 5.82 Å². The molecular weight excluding hydrogens is 326 g/mol. The van der Waals surface area contributed by atoms with E-state index in [0.717, 1.165) is 20.4 Å². The predicted molar refractivity (Wildman–Crippen MR) is 88.0 cm³/mol. The van der Waals surface area contributed by atoms with Gasteiger partial charge in [-0.1, -0.05) is 23.1 Å². The number of nitrogens with two attached hydrogens (primary N) is 1. The van der Waals surface area contributed by atoms with Gasteiger partial charge in [0.2, 0.25) is 5.91 Å². The quantitative estimate of drug-likeness (QED) is 0.561. The van der Waals surface area contributed by atoms with E-state index in [4.69, 9.17) is 5.73 Å². The standard InChI is InChI=1S/C12H11N5OS3/c1-6-14-12(21-17-6)19-5-10(18)16-11-15-8-3-2-7(13)4-9(8)20-11/h2-4H,5,13H2,1H3,(H,15,16,18). The van der Waals surface area contributed by atoms with E-state index in [1.807, 2.05) is 19.1 Å². The predicted octanol–water partition coefficient (Wildman–Crippen LogP) is 2.77. The average molecular weight is 337 g/mol. The second-order valence-electron chi connectivity index (χ2n) is 4.19. The van der Waals surface area contributed by atoms with Crippen molar-refractivity contribution < 1.29 is 4.79 Å². The van der Waals surface area contributed by atoms with Crippen LogP contribution in [0.15, 0.2) is 22.5 Å². The van der Waals surface area contributed by atoms with Crippen LogP contribution in [0.2, 0.25) is 0 Å². The first-order chi connectivity index (χ1) is 10.1. The lowest BCUT2D eigenvalue weighted by molar-refractivity contribution is -0.113. The maximum atomic E-state index is 11.9. The Kier molecular flexibility index (Phi) is 4.04. The molecule has 0 unspecified atom stereocenters. The Balaban J connectivity index is 1.63. The van der Waals surface area contributed by atoms with Crippen LogP contribution in [0.3, 0.4) is 0 Å². The molecule has 0 fully saturated rings. The number of hydrogen-bond acceptors (Lipinski definition) is 8. The van der Waals surface area contributed by atoms with Gasteiger partial charge < -0.3 is 11.1 Å². The molecule has 2 heterocycles. The van der Waals surface area contributed by atoms with Gasteiger partial charge in [0.25, 0.3) is 0 Å². The average Bonchev–Trinajstić information content (AvgIpc) is 3.01. The summed E-state index contributed by atoms with van der Waals surface area (Å²) in [6.07, 6.45) is 0. The molecule has 2 aromatic heterocycles. The first-order valence-electron chi connectivity index (χ1n) is 5.99. The van der Waals surface area contributed by atoms with E-state index in [-0.39, 0.29) is 11.7 Å². The van der Waals surface area contributed by atoms with Gasteiger partial charge in [-0.3, -0.25) is 4.79 Å². The fourth-order valence-electron chi connectivity index (χ4n) is 1.61. The van der Waals surface area contributed by atoms with Crippen LogP contribution in [0.25, 0.3) is 10.2 Å². The molecular formula is C12H11N5OS3. The zero-order chi connectivity index (χ0) is 14.8. The van der Waals surface area contributed by atoms with Crippen LogP contribution in [-0.2, 0) is 4.79 Å². The highest BCUT2D eigenvalue weighted by Gasteiger charge is 2.10. The van der Waals surface area contributed by atoms with Gasteiger partial charge in [-0.15, -0.1) is 0 Å². The fourth-order valence-corrected chi connectivity index (χ4v) is 3.99. The Morgan fingerprint density at radius 1 is 1.43 bits per heavy atom. The third kappa shape index (κ3) is 3.49. The molecule has 1 aromatic carbocycles. The highest BCUT2D eigenvalue weighted by molar-refractivity contribution is 8.01. The minimum absolute atomic E-state index is 0.111. The number of amides is 1. The van der Waals surface area contributed by atoms with Crippen molar-refractivity contribution in [2.45, 2.75) is 11.3 Å². The number of anilines is 2. The van der Waals surface area contributed by atoms with Gasteiger partial charge in [0.15, 0.2) is 9.47 Å². The first kappa shape index (κ1) is 14.2. The number of fused-ring (bicyclic) bond motifs is 1. The number of rotatable bonds is 4. The normalized spacial score (nSPS) is 10.9. The van der Waals surface area contributed by atoms with Crippen LogP contribution >= 0.6 is 34.6 Å². The summed E-state index contributed by atoms with van der Waals surface area (Å²) in [5.41, 5.74) is 7.24. The molecule has 0 radical (unpaired) electrons. The number of carbonyl (C=O) groups excluding carboxylic acids is 1. The van der Waals surface area contributed by atoms with Gasteiger partial charge in [-0.05, 0) is 36.7 Å². The molecule has 0 saturated carbocycles. The zero-order valence-corrected chi connectivity index (χ0v) is 13.4. The third-order valence-corrected chi connectivity index (χ3v) is 5.35. The molecule has 3 rings (SSSR count). The highest BCUT2D eigenvalue weighted by Crippen LogP contribution is 2.28. The van der Waals surface area contributed by atoms with Crippen molar-refractivity contribution >= 4 is 61.6 Å². The molecule has 1 amide bonds. The molecule has 0 saturated heterocycles. The molecule has 3 aromatic rings. The van der Waals surface area contributed by atoms with Crippen molar-refractivity contribution in [1.29, 1.82) is 0 Å². The summed E-state index contributed by atoms with van der Waals surface area (Å²) in [7, 11) is 0. The number of nitrogen functional groups attached to an aromatic ring is 1. The number of benzene rings is 1. The minimum atomic E-state index is -0.111. The van der Waals surface area contributed by atoms with Crippen LogP contribution in [0.4, 0.5) is 10.8 Å². The van der Waals surface area contributed by atoms with Gasteiger partial charge in [-0.25, -0.2) is 9.97 Å². The maximum absolute atomic E-state index is 11.9. The van der Waals surface area contributed by atoms with E-state index < -0.39 is 0 Å². The highest BCUT2D eigenvalue weighted by atomic mass is 32.2. The van der Waals surface area contributed by atoms with Gasteiger partial charge in [0.05, 0.1) is 16.0 Å². The first-order valence-corrected chi connectivity index (χ1v) is 8.57. The van der Waals surface area contributed by atoms with E-state index in [2.05, 4.69) is 19.7 Å². The molecule has 0 atom stereocenters. The molecule has 21 heavy (non-hydrogen) atoms. The Morgan fingerprint density at radius 2 is 2.29 bits per heavy atom. The van der Waals surface area contributed by atoms with Gasteiger partial charge in [0.1, 0.15) is 5.82 Å². The Hall–Kier alpha value is -1.71. The number of nitrogens with zero attached hydrogens (tertiary/aromatic N) is 3. The number of nitrogens with one attached hydrogen (secondary N) is 1. The summed E-state index contributed by atoms with van der Waals surface area (Å²) < 4.78 is 5.82. The minimum Gasteiger partial charge on any atom is -0.399 e. The molecule has 9 heteroatoms. The summed E-state index contributed by atoms with van der Waals surface area (Å²) in [5.74, 6) is 0.902. The summed E-state index contributed by atoms with van der Waals surface area (Å²) in [5, 5.41) is 3.37. The smallest absolute Gasteiger partial charge is 0.236 e. The summed E-state index contributed by atoms with van der Waals surface area (Å²) >= 11 is 4.07. The van der Waals surface area contributed by atoms with Crippen LogP contribution < -0.4 is 11.1 Å². The van der Waals surface area contributed by atoms with E-state index in [1.54, 1.807) is 6.07 Å². The zero-order valence-electron chi connectivity index (χ0n) is 11.0. The molecule has 0 aliphatic heterocycles. The second-order valence-corrected chi connectivity index (χ2v) is 7.20. The molecule has 0 aliphatic carbocycles. The van der Waals surface area contributed by atoms with E-state index in [0.29, 0.717) is 10.8 Å². The van der Waals surface area contributed by atoms with E-state index in [9.17, 15) is 4.79 Å². The number of thiazole rings is 1. The molecule has 0 aliphatic rings. The SMILES string of the molecule is Cc1nsc(SCC(=O)Nc2nc3ccc(N)cc3s2)n1. The van der Waals surface area contributed by atoms with Gasteiger partial charge in [-0.2, -0.15) is 4.37 Å². The van der Waals surface area contributed by atoms with Gasteiger partial charge >= 0.3 is 0 Å². The van der Waals surface area contributed by atoms with Crippen molar-refractivity contribution in [3.05, 3.63) is 24.0 Å². The molecule has 0 bridgehead atoms. The Bertz CT molecular complexity index is 797. The summed E-state index contributed by atoms with van der Waals surface area (Å²) in [6.45, 7) is 1.83. The molecule has 0 spiro atoms. The largest absolute Gasteiger partial charge is 0.399 e. The fraction of sp³-hybridized carbons (Fsp3) is 0.167. The van der Waals surface area contributed by atoms with Crippen molar-refractivity contribution in [2.24, 2.45) is 0 Å². The third-order valence-electron chi connectivity index (χ3n) is 2.49. The van der Waals surface area contributed by atoms with Crippen molar-refractivity contribution in [1.82, 2.24) is 14.3 Å². The molecule has 6 nitrogen and oxygen atoms in total. The maximum Gasteiger partial charge on any atom is 0.236 e.